The number of piperazine rings is 1. The predicted octanol–water partition coefficient (Wildman–Crippen LogP) is 3.40. The zero-order valence-electron chi connectivity index (χ0n) is 18.1. The van der Waals surface area contributed by atoms with Crippen molar-refractivity contribution in [3.05, 3.63) is 71.5 Å². The maximum absolute atomic E-state index is 13.0. The number of hydrogen-bond acceptors (Lipinski definition) is 6. The Bertz CT molecular complexity index is 1090. The van der Waals surface area contributed by atoms with Gasteiger partial charge >= 0.3 is 0 Å². The van der Waals surface area contributed by atoms with Crippen molar-refractivity contribution in [1.82, 2.24) is 19.4 Å². The van der Waals surface area contributed by atoms with Gasteiger partial charge in [0.2, 0.25) is 6.79 Å². The van der Waals surface area contributed by atoms with Crippen molar-refractivity contribution in [2.75, 3.05) is 33.0 Å². The minimum Gasteiger partial charge on any atom is -0.454 e. The molecule has 2 aromatic carbocycles. The minimum atomic E-state index is 0.107. The second-order valence-electron chi connectivity index (χ2n) is 8.06. The number of imidazole rings is 1. The lowest BCUT2D eigenvalue weighted by molar-refractivity contribution is 0.0628. The third-order valence-electron chi connectivity index (χ3n) is 5.85. The number of nitrogens with zero attached hydrogens (tertiary/aromatic N) is 4. The third kappa shape index (κ3) is 4.61. The summed E-state index contributed by atoms with van der Waals surface area (Å²) in [6.07, 6.45) is 3.75. The standard InChI is InChI=1S/C24H26N4O3S/c1-26-9-8-25-24(26)32-16-18-2-5-20(6-3-18)23(29)28-12-10-27(11-13-28)15-19-4-7-21-22(14-19)31-17-30-21/h2-9,14H,10-13,15-17H2,1H3. The van der Waals surface area contributed by atoms with E-state index in [4.69, 9.17) is 9.47 Å². The van der Waals surface area contributed by atoms with E-state index in [-0.39, 0.29) is 5.91 Å². The SMILES string of the molecule is Cn1ccnc1SCc1ccc(C(=O)N2CCN(Cc3ccc4c(c3)OCO4)CC2)cc1. The summed E-state index contributed by atoms with van der Waals surface area (Å²) in [4.78, 5) is 21.6. The number of ether oxygens (including phenoxy) is 2. The number of thioether (sulfide) groups is 1. The Kier molecular flexibility index (Phi) is 6.05. The molecule has 7 nitrogen and oxygen atoms in total. The summed E-state index contributed by atoms with van der Waals surface area (Å²) in [5, 5.41) is 0.990. The van der Waals surface area contributed by atoms with Gasteiger partial charge in [0.1, 0.15) is 0 Å². The van der Waals surface area contributed by atoms with Gasteiger partial charge in [-0.3, -0.25) is 9.69 Å². The van der Waals surface area contributed by atoms with Crippen LogP contribution in [0.2, 0.25) is 0 Å². The molecule has 0 radical (unpaired) electrons. The number of aromatic nitrogens is 2. The Morgan fingerprint density at radius 3 is 2.50 bits per heavy atom. The van der Waals surface area contributed by atoms with Crippen LogP contribution in [0.15, 0.2) is 60.0 Å². The summed E-state index contributed by atoms with van der Waals surface area (Å²) in [5.41, 5.74) is 3.14. The van der Waals surface area contributed by atoms with E-state index < -0.39 is 0 Å². The van der Waals surface area contributed by atoms with Gasteiger partial charge in [-0.25, -0.2) is 4.98 Å². The minimum absolute atomic E-state index is 0.107. The first-order valence-corrected chi connectivity index (χ1v) is 11.7. The van der Waals surface area contributed by atoms with E-state index in [1.54, 1.807) is 18.0 Å². The van der Waals surface area contributed by atoms with Crippen molar-refractivity contribution in [2.24, 2.45) is 7.05 Å². The number of carbonyl (C=O) groups excluding carboxylic acids is 1. The van der Waals surface area contributed by atoms with Crippen LogP contribution in [0, 0.1) is 0 Å². The van der Waals surface area contributed by atoms with E-state index in [2.05, 4.69) is 16.0 Å². The van der Waals surface area contributed by atoms with Crippen molar-refractivity contribution in [1.29, 1.82) is 0 Å². The largest absolute Gasteiger partial charge is 0.454 e. The number of aryl methyl sites for hydroxylation is 1. The topological polar surface area (TPSA) is 59.8 Å². The fraction of sp³-hybridized carbons (Fsp3) is 0.333. The van der Waals surface area contributed by atoms with Gasteiger partial charge in [0.15, 0.2) is 16.7 Å². The van der Waals surface area contributed by atoms with Gasteiger partial charge in [-0.15, -0.1) is 0 Å². The molecule has 166 valence electrons. The van der Waals surface area contributed by atoms with Crippen LogP contribution in [0.25, 0.3) is 0 Å². The molecule has 0 saturated carbocycles. The number of carbonyl (C=O) groups is 1. The summed E-state index contributed by atoms with van der Waals surface area (Å²) in [6.45, 7) is 4.34. The van der Waals surface area contributed by atoms with Crippen molar-refractivity contribution >= 4 is 17.7 Å². The van der Waals surface area contributed by atoms with Gasteiger partial charge in [-0.2, -0.15) is 0 Å². The zero-order valence-corrected chi connectivity index (χ0v) is 18.9. The van der Waals surface area contributed by atoms with Crippen LogP contribution in [-0.2, 0) is 19.3 Å². The van der Waals surface area contributed by atoms with Gasteiger partial charge in [0, 0.05) is 63.5 Å². The van der Waals surface area contributed by atoms with Gasteiger partial charge in [0.05, 0.1) is 0 Å². The number of amides is 1. The molecule has 2 aliphatic heterocycles. The van der Waals surface area contributed by atoms with Crippen LogP contribution in [-0.4, -0.2) is 58.2 Å². The van der Waals surface area contributed by atoms with Crippen LogP contribution in [0.1, 0.15) is 21.5 Å². The monoisotopic (exact) mass is 450 g/mol. The molecule has 8 heteroatoms. The highest BCUT2D eigenvalue weighted by Crippen LogP contribution is 2.33. The van der Waals surface area contributed by atoms with E-state index in [0.717, 1.165) is 60.7 Å². The summed E-state index contributed by atoms with van der Waals surface area (Å²) in [7, 11) is 1.99. The van der Waals surface area contributed by atoms with Gasteiger partial charge in [-0.1, -0.05) is 30.0 Å². The molecule has 3 heterocycles. The summed E-state index contributed by atoms with van der Waals surface area (Å²) < 4.78 is 12.9. The maximum Gasteiger partial charge on any atom is 0.253 e. The van der Waals surface area contributed by atoms with E-state index in [0.29, 0.717) is 6.79 Å². The fourth-order valence-corrected chi connectivity index (χ4v) is 4.86. The number of benzene rings is 2. The quantitative estimate of drug-likeness (QED) is 0.537. The highest BCUT2D eigenvalue weighted by molar-refractivity contribution is 7.98. The molecule has 0 spiro atoms. The molecule has 32 heavy (non-hydrogen) atoms. The Hall–Kier alpha value is -2.97. The summed E-state index contributed by atoms with van der Waals surface area (Å²) >= 11 is 1.69. The second-order valence-corrected chi connectivity index (χ2v) is 9.00. The molecule has 5 rings (SSSR count). The lowest BCUT2D eigenvalue weighted by Gasteiger charge is -2.34. The molecule has 1 saturated heterocycles. The van der Waals surface area contributed by atoms with Crippen LogP contribution < -0.4 is 9.47 Å². The number of fused-ring (bicyclic) bond motifs is 1. The van der Waals surface area contributed by atoms with E-state index in [1.165, 1.54) is 11.1 Å². The van der Waals surface area contributed by atoms with Crippen LogP contribution in [0.3, 0.4) is 0 Å². The van der Waals surface area contributed by atoms with Crippen molar-refractivity contribution in [3.8, 4) is 11.5 Å². The van der Waals surface area contributed by atoms with Crippen molar-refractivity contribution in [3.63, 3.8) is 0 Å². The molecule has 3 aromatic rings. The first-order valence-electron chi connectivity index (χ1n) is 10.7. The lowest BCUT2D eigenvalue weighted by Crippen LogP contribution is -2.48. The summed E-state index contributed by atoms with van der Waals surface area (Å²) in [5.74, 6) is 2.57. The molecular weight excluding hydrogens is 424 g/mol. The predicted molar refractivity (Wildman–Crippen MR) is 123 cm³/mol. The average Bonchev–Trinajstić information content (AvgIpc) is 3.46. The Labute approximate surface area is 191 Å². The number of hydrogen-bond donors (Lipinski definition) is 0. The molecule has 0 N–H and O–H groups in total. The van der Waals surface area contributed by atoms with Gasteiger partial charge < -0.3 is 18.9 Å². The lowest BCUT2D eigenvalue weighted by atomic mass is 10.1. The van der Waals surface area contributed by atoms with E-state index >= 15 is 0 Å². The highest BCUT2D eigenvalue weighted by atomic mass is 32.2. The summed E-state index contributed by atoms with van der Waals surface area (Å²) in [6, 6.07) is 14.1. The molecule has 2 aliphatic rings. The molecule has 0 bridgehead atoms. The number of rotatable bonds is 6. The van der Waals surface area contributed by atoms with Crippen molar-refractivity contribution in [2.45, 2.75) is 17.5 Å². The molecule has 0 unspecified atom stereocenters. The highest BCUT2D eigenvalue weighted by Gasteiger charge is 2.23. The second kappa shape index (κ2) is 9.26. The molecule has 0 atom stereocenters. The van der Waals surface area contributed by atoms with Crippen LogP contribution in [0.5, 0.6) is 11.5 Å². The van der Waals surface area contributed by atoms with E-state index in [9.17, 15) is 4.79 Å². The smallest absolute Gasteiger partial charge is 0.253 e. The molecule has 1 fully saturated rings. The van der Waals surface area contributed by atoms with Gasteiger partial charge in [-0.05, 0) is 35.4 Å². The average molecular weight is 451 g/mol. The Morgan fingerprint density at radius 2 is 1.75 bits per heavy atom. The first-order chi connectivity index (χ1) is 15.7. The van der Waals surface area contributed by atoms with Crippen molar-refractivity contribution < 1.29 is 14.3 Å². The molecular formula is C24H26N4O3S. The Balaban J connectivity index is 1.12. The maximum atomic E-state index is 13.0. The molecule has 1 aromatic heterocycles. The molecule has 1 amide bonds. The fourth-order valence-electron chi connectivity index (χ4n) is 3.97. The van der Waals surface area contributed by atoms with Crippen LogP contribution >= 0.6 is 11.8 Å². The molecule has 0 aliphatic carbocycles. The van der Waals surface area contributed by atoms with Crippen LogP contribution in [0.4, 0.5) is 0 Å². The zero-order chi connectivity index (χ0) is 21.9. The Morgan fingerprint density at radius 1 is 1.00 bits per heavy atom. The van der Waals surface area contributed by atoms with Gasteiger partial charge in [0.25, 0.3) is 5.91 Å². The van der Waals surface area contributed by atoms with E-state index in [1.807, 2.05) is 59.1 Å². The first kappa shape index (κ1) is 20.9. The third-order valence-corrected chi connectivity index (χ3v) is 6.98. The normalized spacial score (nSPS) is 15.8.